The van der Waals surface area contributed by atoms with Crippen LogP contribution in [-0.4, -0.2) is 20.9 Å². The van der Waals surface area contributed by atoms with Crippen LogP contribution >= 0.6 is 23.2 Å². The van der Waals surface area contributed by atoms with Gasteiger partial charge in [0.25, 0.3) is 10.0 Å². The van der Waals surface area contributed by atoms with Crippen molar-refractivity contribution >= 4 is 50.5 Å². The fourth-order valence-electron chi connectivity index (χ4n) is 2.21. The van der Waals surface area contributed by atoms with Crippen molar-refractivity contribution in [3.63, 3.8) is 0 Å². The average molecular weight is 357 g/mol. The van der Waals surface area contributed by atoms with E-state index in [1.165, 1.54) is 18.2 Å². The summed E-state index contributed by atoms with van der Waals surface area (Å²) < 4.78 is 26.8. The number of rotatable bonds is 2. The Morgan fingerprint density at radius 3 is 2.59 bits per heavy atom. The Bertz CT molecular complexity index is 868. The van der Waals surface area contributed by atoms with Gasteiger partial charge in [0.05, 0.1) is 16.4 Å². The predicted octanol–water partition coefficient (Wildman–Crippen LogP) is 3.14. The molecule has 1 N–H and O–H groups in total. The minimum absolute atomic E-state index is 0.0489. The zero-order chi connectivity index (χ0) is 15.9. The van der Waals surface area contributed by atoms with E-state index >= 15 is 0 Å². The van der Waals surface area contributed by atoms with E-state index in [1.54, 1.807) is 24.3 Å². The molecule has 0 aliphatic carbocycles. The van der Waals surface area contributed by atoms with Crippen molar-refractivity contribution in [3.8, 4) is 0 Å². The van der Waals surface area contributed by atoms with Gasteiger partial charge in [-0.25, -0.2) is 8.42 Å². The summed E-state index contributed by atoms with van der Waals surface area (Å²) in [4.78, 5) is 11.7. The number of fused-ring (bicyclic) bond motifs is 1. The van der Waals surface area contributed by atoms with Gasteiger partial charge < -0.3 is 5.32 Å². The minimum atomic E-state index is -4.01. The lowest BCUT2D eigenvalue weighted by atomic mass is 10.2. The molecule has 0 saturated heterocycles. The topological polar surface area (TPSA) is 66.5 Å². The molecule has 1 amide bonds. The molecule has 1 aliphatic heterocycles. The van der Waals surface area contributed by atoms with Crippen LogP contribution in [0.2, 0.25) is 10.0 Å². The molecule has 0 radical (unpaired) electrons. The van der Waals surface area contributed by atoms with E-state index in [1.807, 2.05) is 0 Å². The van der Waals surface area contributed by atoms with Crippen LogP contribution in [0.3, 0.4) is 0 Å². The molecular weight excluding hydrogens is 347 g/mol. The standard InChI is InChI=1S/C14H10Cl2N2O3S/c15-9-5-6-10(16)13(7-9)22(20,21)18-8-14(19)17-11-3-1-2-4-12(11)18/h1-7H,8H2,(H,17,19). The highest BCUT2D eigenvalue weighted by Gasteiger charge is 2.33. The van der Waals surface area contributed by atoms with Gasteiger partial charge in [0.15, 0.2) is 0 Å². The molecule has 3 rings (SSSR count). The number of benzene rings is 2. The number of anilines is 2. The number of para-hydroxylation sites is 2. The van der Waals surface area contributed by atoms with Crippen molar-refractivity contribution in [2.24, 2.45) is 0 Å². The van der Waals surface area contributed by atoms with Crippen molar-refractivity contribution in [2.75, 3.05) is 16.2 Å². The largest absolute Gasteiger partial charge is 0.323 e. The molecule has 8 heteroatoms. The summed E-state index contributed by atoms with van der Waals surface area (Å²) in [6.07, 6.45) is 0. The minimum Gasteiger partial charge on any atom is -0.323 e. The van der Waals surface area contributed by atoms with Gasteiger partial charge in [-0.1, -0.05) is 35.3 Å². The van der Waals surface area contributed by atoms with E-state index < -0.39 is 15.9 Å². The normalized spacial score (nSPS) is 14.5. The Labute approximate surface area is 137 Å². The molecular formula is C14H10Cl2N2O3S. The van der Waals surface area contributed by atoms with E-state index in [2.05, 4.69) is 5.32 Å². The predicted molar refractivity (Wildman–Crippen MR) is 86.1 cm³/mol. The molecule has 2 aromatic rings. The Morgan fingerprint density at radius 2 is 1.82 bits per heavy atom. The van der Waals surface area contributed by atoms with Crippen molar-refractivity contribution < 1.29 is 13.2 Å². The van der Waals surface area contributed by atoms with Crippen molar-refractivity contribution in [1.82, 2.24) is 0 Å². The summed E-state index contributed by atoms with van der Waals surface area (Å²) in [6, 6.07) is 10.8. The quantitative estimate of drug-likeness (QED) is 0.898. The van der Waals surface area contributed by atoms with Crippen LogP contribution in [0.25, 0.3) is 0 Å². The molecule has 22 heavy (non-hydrogen) atoms. The van der Waals surface area contributed by atoms with Crippen LogP contribution in [-0.2, 0) is 14.8 Å². The number of nitrogens with one attached hydrogen (secondary N) is 1. The molecule has 0 fully saturated rings. The molecule has 0 aromatic heterocycles. The number of hydrogen-bond acceptors (Lipinski definition) is 3. The monoisotopic (exact) mass is 356 g/mol. The van der Waals surface area contributed by atoms with Gasteiger partial charge in [-0.3, -0.25) is 9.10 Å². The van der Waals surface area contributed by atoms with Gasteiger partial charge in [0.1, 0.15) is 11.4 Å². The molecule has 2 aromatic carbocycles. The van der Waals surface area contributed by atoms with Crippen LogP contribution in [0.15, 0.2) is 47.4 Å². The first-order valence-electron chi connectivity index (χ1n) is 6.26. The molecule has 0 bridgehead atoms. The summed E-state index contributed by atoms with van der Waals surface area (Å²) in [6.45, 7) is -0.317. The van der Waals surface area contributed by atoms with E-state index in [0.29, 0.717) is 11.4 Å². The smallest absolute Gasteiger partial charge is 0.266 e. The summed E-state index contributed by atoms with van der Waals surface area (Å²) in [5, 5.41) is 2.93. The van der Waals surface area contributed by atoms with Crippen molar-refractivity contribution in [3.05, 3.63) is 52.5 Å². The van der Waals surface area contributed by atoms with Gasteiger partial charge >= 0.3 is 0 Å². The maximum Gasteiger partial charge on any atom is 0.266 e. The van der Waals surface area contributed by atoms with Crippen LogP contribution in [0.4, 0.5) is 11.4 Å². The molecule has 0 saturated carbocycles. The second kappa shape index (κ2) is 5.46. The lowest BCUT2D eigenvalue weighted by Gasteiger charge is -2.30. The number of nitrogens with zero attached hydrogens (tertiary/aromatic N) is 1. The Balaban J connectivity index is 2.18. The Kier molecular flexibility index (Phi) is 3.76. The number of sulfonamides is 1. The first-order chi connectivity index (χ1) is 10.4. The van der Waals surface area contributed by atoms with Gasteiger partial charge in [-0.2, -0.15) is 0 Å². The SMILES string of the molecule is O=C1CN(S(=O)(=O)c2cc(Cl)ccc2Cl)c2ccccc2N1. The summed E-state index contributed by atoms with van der Waals surface area (Å²) in [7, 11) is -4.01. The highest BCUT2D eigenvalue weighted by atomic mass is 35.5. The fraction of sp³-hybridized carbons (Fsp3) is 0.0714. The zero-order valence-corrected chi connectivity index (χ0v) is 13.4. The van der Waals surface area contributed by atoms with Crippen LogP contribution in [0.5, 0.6) is 0 Å². The Hall–Kier alpha value is -1.76. The Morgan fingerprint density at radius 1 is 1.09 bits per heavy atom. The van der Waals surface area contributed by atoms with Crippen LogP contribution < -0.4 is 9.62 Å². The highest BCUT2D eigenvalue weighted by molar-refractivity contribution is 7.93. The highest BCUT2D eigenvalue weighted by Crippen LogP contribution is 2.35. The van der Waals surface area contributed by atoms with Crippen LogP contribution in [0, 0.1) is 0 Å². The fourth-order valence-corrected chi connectivity index (χ4v) is 4.39. The number of hydrogen-bond donors (Lipinski definition) is 1. The second-order valence-corrected chi connectivity index (χ2v) is 7.33. The van der Waals surface area contributed by atoms with Gasteiger partial charge in [0.2, 0.25) is 5.91 Å². The molecule has 1 heterocycles. The third-order valence-corrected chi connectivity index (χ3v) is 5.67. The van der Waals surface area contributed by atoms with E-state index in [9.17, 15) is 13.2 Å². The maximum absolute atomic E-state index is 12.9. The summed E-state index contributed by atoms with van der Waals surface area (Å²) >= 11 is 11.9. The number of carbonyl (C=O) groups excluding carboxylic acids is 1. The molecule has 0 unspecified atom stereocenters. The summed E-state index contributed by atoms with van der Waals surface area (Å²) in [5.74, 6) is -0.416. The zero-order valence-electron chi connectivity index (χ0n) is 11.1. The van der Waals surface area contributed by atoms with Gasteiger partial charge in [-0.05, 0) is 30.3 Å². The van der Waals surface area contributed by atoms with E-state index in [4.69, 9.17) is 23.2 Å². The molecule has 1 aliphatic rings. The van der Waals surface area contributed by atoms with Crippen molar-refractivity contribution in [1.29, 1.82) is 0 Å². The first-order valence-corrected chi connectivity index (χ1v) is 8.46. The molecule has 114 valence electrons. The lowest BCUT2D eigenvalue weighted by molar-refractivity contribution is -0.115. The number of carbonyl (C=O) groups is 1. The summed E-state index contributed by atoms with van der Waals surface area (Å²) in [5.41, 5.74) is 0.818. The van der Waals surface area contributed by atoms with E-state index in [0.717, 1.165) is 4.31 Å². The van der Waals surface area contributed by atoms with Gasteiger partial charge in [0, 0.05) is 5.02 Å². The third kappa shape index (κ3) is 2.54. The molecule has 5 nitrogen and oxygen atoms in total. The van der Waals surface area contributed by atoms with Crippen LogP contribution in [0.1, 0.15) is 0 Å². The molecule has 0 atom stereocenters. The van der Waals surface area contributed by atoms with Gasteiger partial charge in [-0.15, -0.1) is 0 Å². The first kappa shape index (κ1) is 15.1. The van der Waals surface area contributed by atoms with E-state index in [-0.39, 0.29) is 21.5 Å². The molecule has 0 spiro atoms. The third-order valence-electron chi connectivity index (χ3n) is 3.20. The number of amides is 1. The lowest BCUT2D eigenvalue weighted by Crippen LogP contribution is -2.42. The second-order valence-electron chi connectivity index (χ2n) is 4.65. The van der Waals surface area contributed by atoms with Crippen molar-refractivity contribution in [2.45, 2.75) is 4.90 Å². The number of halogens is 2. The maximum atomic E-state index is 12.9. The average Bonchev–Trinajstić information content (AvgIpc) is 2.48.